The molecule has 0 spiro atoms. The van der Waals surface area contributed by atoms with Crippen molar-refractivity contribution in [3.8, 4) is 0 Å². The standard InChI is InChI=1S/C14H17N3O/c18-10-12-6-3-4-8-17(12)14-13-7-2-1-5-11(13)9-15-16-14/h1-2,5,7,9,12,18H,3-4,6,8,10H2. The van der Waals surface area contributed by atoms with Gasteiger partial charge in [0.1, 0.15) is 0 Å². The van der Waals surface area contributed by atoms with Crippen LogP contribution in [0.15, 0.2) is 30.5 Å². The van der Waals surface area contributed by atoms with Crippen LogP contribution in [0.5, 0.6) is 0 Å². The summed E-state index contributed by atoms with van der Waals surface area (Å²) < 4.78 is 0. The van der Waals surface area contributed by atoms with Crippen LogP contribution in [0.1, 0.15) is 19.3 Å². The minimum Gasteiger partial charge on any atom is -0.394 e. The topological polar surface area (TPSA) is 49.2 Å². The van der Waals surface area contributed by atoms with Crippen LogP contribution in [0.3, 0.4) is 0 Å². The van der Waals surface area contributed by atoms with Crippen LogP contribution in [0.25, 0.3) is 10.8 Å². The molecule has 0 bridgehead atoms. The number of fused-ring (bicyclic) bond motifs is 1. The molecule has 1 aromatic carbocycles. The molecule has 4 heteroatoms. The first-order chi connectivity index (χ1) is 8.90. The van der Waals surface area contributed by atoms with Crippen LogP contribution in [0.4, 0.5) is 5.82 Å². The lowest BCUT2D eigenvalue weighted by molar-refractivity contribution is 0.239. The van der Waals surface area contributed by atoms with Gasteiger partial charge in [0, 0.05) is 17.3 Å². The summed E-state index contributed by atoms with van der Waals surface area (Å²) in [6.45, 7) is 1.14. The Morgan fingerprint density at radius 3 is 3.06 bits per heavy atom. The van der Waals surface area contributed by atoms with E-state index in [2.05, 4.69) is 21.2 Å². The summed E-state index contributed by atoms with van der Waals surface area (Å²) >= 11 is 0. The molecule has 3 rings (SSSR count). The van der Waals surface area contributed by atoms with Crippen molar-refractivity contribution in [2.24, 2.45) is 0 Å². The van der Waals surface area contributed by atoms with Crippen LogP contribution in [0.2, 0.25) is 0 Å². The maximum Gasteiger partial charge on any atom is 0.159 e. The van der Waals surface area contributed by atoms with Gasteiger partial charge in [-0.2, -0.15) is 5.10 Å². The quantitative estimate of drug-likeness (QED) is 0.876. The summed E-state index contributed by atoms with van der Waals surface area (Å²) in [6.07, 6.45) is 5.15. The van der Waals surface area contributed by atoms with E-state index in [1.165, 1.54) is 6.42 Å². The summed E-state index contributed by atoms with van der Waals surface area (Å²) in [6, 6.07) is 8.33. The molecule has 0 aliphatic carbocycles. The summed E-state index contributed by atoms with van der Waals surface area (Å²) in [5, 5.41) is 20.1. The molecule has 1 atom stereocenters. The van der Waals surface area contributed by atoms with Gasteiger partial charge in [-0.1, -0.05) is 24.3 Å². The van der Waals surface area contributed by atoms with Crippen LogP contribution >= 0.6 is 0 Å². The fourth-order valence-electron chi connectivity index (χ4n) is 2.69. The Hall–Kier alpha value is -1.68. The minimum absolute atomic E-state index is 0.179. The van der Waals surface area contributed by atoms with Crippen LogP contribution in [0, 0.1) is 0 Å². The Morgan fingerprint density at radius 1 is 1.28 bits per heavy atom. The van der Waals surface area contributed by atoms with E-state index in [-0.39, 0.29) is 12.6 Å². The van der Waals surface area contributed by atoms with Gasteiger partial charge in [0.05, 0.1) is 18.8 Å². The average molecular weight is 243 g/mol. The van der Waals surface area contributed by atoms with Crippen molar-refractivity contribution in [3.05, 3.63) is 30.5 Å². The van der Waals surface area contributed by atoms with Crippen LogP contribution in [-0.2, 0) is 0 Å². The predicted molar refractivity (Wildman–Crippen MR) is 71.6 cm³/mol. The van der Waals surface area contributed by atoms with Gasteiger partial charge in [0.2, 0.25) is 0 Å². The second kappa shape index (κ2) is 4.90. The summed E-state index contributed by atoms with van der Waals surface area (Å²) in [5.41, 5.74) is 0. The average Bonchev–Trinajstić information content (AvgIpc) is 2.46. The Balaban J connectivity index is 2.07. The lowest BCUT2D eigenvalue weighted by Gasteiger charge is -2.35. The Bertz CT molecular complexity index is 538. The molecule has 0 amide bonds. The largest absolute Gasteiger partial charge is 0.394 e. The van der Waals surface area contributed by atoms with Crippen molar-refractivity contribution in [3.63, 3.8) is 0 Å². The monoisotopic (exact) mass is 243 g/mol. The lowest BCUT2D eigenvalue weighted by atomic mass is 10.0. The SMILES string of the molecule is OCC1CCCCN1c1nncc2ccccc12. The third-order valence-electron chi connectivity index (χ3n) is 3.66. The van der Waals surface area contributed by atoms with E-state index in [0.717, 1.165) is 36.0 Å². The van der Waals surface area contributed by atoms with E-state index in [1.807, 2.05) is 18.2 Å². The number of nitrogens with zero attached hydrogens (tertiary/aromatic N) is 3. The highest BCUT2D eigenvalue weighted by molar-refractivity contribution is 5.91. The van der Waals surface area contributed by atoms with Gasteiger partial charge >= 0.3 is 0 Å². The van der Waals surface area contributed by atoms with Crippen molar-refractivity contribution >= 4 is 16.6 Å². The van der Waals surface area contributed by atoms with Crippen molar-refractivity contribution in [2.45, 2.75) is 25.3 Å². The number of aliphatic hydroxyl groups excluding tert-OH is 1. The van der Waals surface area contributed by atoms with Gasteiger partial charge in [-0.25, -0.2) is 0 Å². The number of aliphatic hydroxyl groups is 1. The summed E-state index contributed by atoms with van der Waals surface area (Å²) in [5.74, 6) is 0.909. The molecule has 2 aromatic rings. The van der Waals surface area contributed by atoms with E-state index < -0.39 is 0 Å². The third kappa shape index (κ3) is 1.93. The van der Waals surface area contributed by atoms with E-state index in [9.17, 15) is 5.11 Å². The van der Waals surface area contributed by atoms with Gasteiger partial charge in [-0.3, -0.25) is 0 Å². The molecule has 94 valence electrons. The molecular formula is C14H17N3O. The fourth-order valence-corrected chi connectivity index (χ4v) is 2.69. The first-order valence-corrected chi connectivity index (χ1v) is 6.48. The van der Waals surface area contributed by atoms with Gasteiger partial charge in [0.25, 0.3) is 0 Å². The molecule has 1 aliphatic heterocycles. The number of anilines is 1. The normalized spacial score (nSPS) is 20.3. The Kier molecular flexibility index (Phi) is 3.11. The van der Waals surface area contributed by atoms with E-state index in [4.69, 9.17) is 0 Å². The lowest BCUT2D eigenvalue weighted by Crippen LogP contribution is -2.42. The van der Waals surface area contributed by atoms with Crippen LogP contribution < -0.4 is 4.90 Å². The van der Waals surface area contributed by atoms with Crippen LogP contribution in [-0.4, -0.2) is 34.5 Å². The molecule has 2 heterocycles. The van der Waals surface area contributed by atoms with Crippen molar-refractivity contribution in [1.29, 1.82) is 0 Å². The third-order valence-corrected chi connectivity index (χ3v) is 3.66. The van der Waals surface area contributed by atoms with Gasteiger partial charge in [0.15, 0.2) is 5.82 Å². The highest BCUT2D eigenvalue weighted by atomic mass is 16.3. The van der Waals surface area contributed by atoms with E-state index >= 15 is 0 Å². The second-order valence-corrected chi connectivity index (χ2v) is 4.78. The number of rotatable bonds is 2. The van der Waals surface area contributed by atoms with Gasteiger partial charge < -0.3 is 10.0 Å². The summed E-state index contributed by atoms with van der Waals surface area (Å²) in [7, 11) is 0. The maximum atomic E-state index is 9.50. The summed E-state index contributed by atoms with van der Waals surface area (Å²) in [4.78, 5) is 2.21. The first kappa shape index (κ1) is 11.4. The predicted octanol–water partition coefficient (Wildman–Crippen LogP) is 1.98. The van der Waals surface area contributed by atoms with Crippen molar-refractivity contribution in [1.82, 2.24) is 10.2 Å². The number of hydrogen-bond donors (Lipinski definition) is 1. The molecule has 1 aromatic heterocycles. The zero-order valence-electron chi connectivity index (χ0n) is 10.3. The van der Waals surface area contributed by atoms with Gasteiger partial charge in [-0.05, 0) is 19.3 Å². The highest BCUT2D eigenvalue weighted by Gasteiger charge is 2.24. The minimum atomic E-state index is 0.179. The van der Waals surface area contributed by atoms with Crippen molar-refractivity contribution in [2.75, 3.05) is 18.1 Å². The zero-order chi connectivity index (χ0) is 12.4. The highest BCUT2D eigenvalue weighted by Crippen LogP contribution is 2.28. The molecule has 0 radical (unpaired) electrons. The maximum absolute atomic E-state index is 9.50. The molecule has 1 aliphatic rings. The molecular weight excluding hydrogens is 226 g/mol. The second-order valence-electron chi connectivity index (χ2n) is 4.78. The van der Waals surface area contributed by atoms with E-state index in [1.54, 1.807) is 6.20 Å². The number of benzene rings is 1. The van der Waals surface area contributed by atoms with E-state index in [0.29, 0.717) is 0 Å². The zero-order valence-corrected chi connectivity index (χ0v) is 10.3. The molecule has 18 heavy (non-hydrogen) atoms. The molecule has 1 unspecified atom stereocenters. The Labute approximate surface area is 106 Å². The molecule has 1 saturated heterocycles. The number of hydrogen-bond acceptors (Lipinski definition) is 4. The Morgan fingerprint density at radius 2 is 2.17 bits per heavy atom. The number of piperidine rings is 1. The molecule has 1 N–H and O–H groups in total. The molecule has 4 nitrogen and oxygen atoms in total. The molecule has 0 saturated carbocycles. The number of aromatic nitrogens is 2. The first-order valence-electron chi connectivity index (χ1n) is 6.48. The van der Waals surface area contributed by atoms with Crippen molar-refractivity contribution < 1.29 is 5.11 Å². The molecule has 1 fully saturated rings. The fraction of sp³-hybridized carbons (Fsp3) is 0.429. The smallest absolute Gasteiger partial charge is 0.159 e. The van der Waals surface area contributed by atoms with Gasteiger partial charge in [-0.15, -0.1) is 5.10 Å².